The fraction of sp³-hybridized carbons (Fsp3) is 0.368. The van der Waals surface area contributed by atoms with Gasteiger partial charge in [-0.05, 0) is 51.2 Å². The van der Waals surface area contributed by atoms with Crippen LogP contribution in [0.3, 0.4) is 0 Å². The van der Waals surface area contributed by atoms with Crippen LogP contribution < -0.4 is 0 Å². The summed E-state index contributed by atoms with van der Waals surface area (Å²) < 4.78 is 11.4. The summed E-state index contributed by atoms with van der Waals surface area (Å²) in [6.45, 7) is 3.81. The monoisotopic (exact) mass is 398 g/mol. The SMILES string of the molecule is Cc1cc(-c2nnc(CSc3ncnc4sc5c(c34)CCCC5)o2)c(C)o1. The highest BCUT2D eigenvalue weighted by atomic mass is 32.2. The van der Waals surface area contributed by atoms with Crippen molar-refractivity contribution in [1.82, 2.24) is 20.2 Å². The molecular formula is C19H18N4O2S2. The van der Waals surface area contributed by atoms with Crippen molar-refractivity contribution in [2.24, 2.45) is 0 Å². The van der Waals surface area contributed by atoms with E-state index in [0.717, 1.165) is 39.8 Å². The molecule has 8 heteroatoms. The topological polar surface area (TPSA) is 77.8 Å². The first-order valence-electron chi connectivity index (χ1n) is 8.97. The normalized spacial score (nSPS) is 14.0. The second-order valence-electron chi connectivity index (χ2n) is 6.69. The van der Waals surface area contributed by atoms with E-state index in [1.807, 2.05) is 31.3 Å². The van der Waals surface area contributed by atoms with Gasteiger partial charge in [0.05, 0.1) is 11.3 Å². The third kappa shape index (κ3) is 3.06. The summed E-state index contributed by atoms with van der Waals surface area (Å²) in [4.78, 5) is 11.6. The largest absolute Gasteiger partial charge is 0.466 e. The molecule has 4 aromatic rings. The Morgan fingerprint density at radius 2 is 2.00 bits per heavy atom. The Balaban J connectivity index is 1.41. The Labute approximate surface area is 164 Å². The van der Waals surface area contributed by atoms with Crippen molar-refractivity contribution >= 4 is 33.3 Å². The number of hydrogen-bond acceptors (Lipinski definition) is 8. The summed E-state index contributed by atoms with van der Waals surface area (Å²) in [5.74, 6) is 3.30. The molecule has 6 nitrogen and oxygen atoms in total. The van der Waals surface area contributed by atoms with Crippen molar-refractivity contribution in [2.45, 2.75) is 50.3 Å². The van der Waals surface area contributed by atoms with Crippen LogP contribution in [0, 0.1) is 13.8 Å². The maximum Gasteiger partial charge on any atom is 0.251 e. The van der Waals surface area contributed by atoms with Crippen LogP contribution in [0.4, 0.5) is 0 Å². The van der Waals surface area contributed by atoms with Gasteiger partial charge in [-0.2, -0.15) is 0 Å². The standard InChI is InChI=1S/C19H18N4O2S2/c1-10-7-13(11(2)24-10)17-23-22-15(25-17)8-26-18-16-12-5-3-4-6-14(12)27-19(16)21-9-20-18/h7,9H,3-6,8H2,1-2H3. The Morgan fingerprint density at radius 3 is 2.85 bits per heavy atom. The Bertz CT molecular complexity index is 1130. The zero-order valence-electron chi connectivity index (χ0n) is 15.1. The fourth-order valence-corrected chi connectivity index (χ4v) is 5.72. The summed E-state index contributed by atoms with van der Waals surface area (Å²) in [7, 11) is 0. The number of furan rings is 1. The number of aryl methyl sites for hydroxylation is 4. The van der Waals surface area contributed by atoms with Crippen molar-refractivity contribution < 1.29 is 8.83 Å². The number of nitrogens with zero attached hydrogens (tertiary/aromatic N) is 4. The average molecular weight is 399 g/mol. The average Bonchev–Trinajstić information content (AvgIpc) is 3.36. The van der Waals surface area contributed by atoms with E-state index in [2.05, 4.69) is 20.2 Å². The molecule has 0 N–H and O–H groups in total. The number of fused-ring (bicyclic) bond motifs is 3. The van der Waals surface area contributed by atoms with E-state index in [1.54, 1.807) is 18.1 Å². The number of aromatic nitrogens is 4. The molecule has 0 saturated heterocycles. The minimum Gasteiger partial charge on any atom is -0.466 e. The highest BCUT2D eigenvalue weighted by Crippen LogP contribution is 2.39. The number of thiophene rings is 1. The molecule has 4 aromatic heterocycles. The minimum atomic E-state index is 0.501. The first kappa shape index (κ1) is 16.9. The highest BCUT2D eigenvalue weighted by Gasteiger charge is 2.21. The van der Waals surface area contributed by atoms with Crippen LogP contribution >= 0.6 is 23.1 Å². The van der Waals surface area contributed by atoms with Crippen molar-refractivity contribution in [1.29, 1.82) is 0 Å². The van der Waals surface area contributed by atoms with Gasteiger partial charge in [0.1, 0.15) is 27.7 Å². The lowest BCUT2D eigenvalue weighted by Gasteiger charge is -2.11. The molecule has 0 fully saturated rings. The fourth-order valence-electron chi connectivity index (χ4n) is 3.56. The van der Waals surface area contributed by atoms with Gasteiger partial charge in [-0.15, -0.1) is 21.5 Å². The van der Waals surface area contributed by atoms with Crippen LogP contribution in [-0.4, -0.2) is 20.2 Å². The highest BCUT2D eigenvalue weighted by molar-refractivity contribution is 7.98. The molecule has 0 aliphatic heterocycles. The molecule has 0 radical (unpaired) electrons. The molecule has 0 amide bonds. The van der Waals surface area contributed by atoms with Gasteiger partial charge in [0.2, 0.25) is 5.89 Å². The van der Waals surface area contributed by atoms with Gasteiger partial charge < -0.3 is 8.83 Å². The first-order chi connectivity index (χ1) is 13.2. The van der Waals surface area contributed by atoms with Crippen molar-refractivity contribution in [3.05, 3.63) is 40.2 Å². The molecule has 5 rings (SSSR count). The first-order valence-corrected chi connectivity index (χ1v) is 10.8. The molecule has 1 aliphatic rings. The molecule has 0 aromatic carbocycles. The van der Waals surface area contributed by atoms with Crippen LogP contribution in [0.25, 0.3) is 21.7 Å². The van der Waals surface area contributed by atoms with E-state index in [4.69, 9.17) is 8.83 Å². The maximum absolute atomic E-state index is 5.85. The summed E-state index contributed by atoms with van der Waals surface area (Å²) in [5, 5.41) is 10.6. The molecule has 0 bridgehead atoms. The molecule has 1 aliphatic carbocycles. The van der Waals surface area contributed by atoms with E-state index in [9.17, 15) is 0 Å². The maximum atomic E-state index is 5.85. The predicted molar refractivity (Wildman–Crippen MR) is 105 cm³/mol. The van der Waals surface area contributed by atoms with Crippen LogP contribution in [0.5, 0.6) is 0 Å². The molecule has 0 spiro atoms. The number of thioether (sulfide) groups is 1. The zero-order valence-corrected chi connectivity index (χ0v) is 16.7. The van der Waals surface area contributed by atoms with E-state index in [1.165, 1.54) is 28.7 Å². The predicted octanol–water partition coefficient (Wildman–Crippen LogP) is 5.12. The summed E-state index contributed by atoms with van der Waals surface area (Å²) in [6, 6.07) is 1.92. The zero-order chi connectivity index (χ0) is 18.4. The van der Waals surface area contributed by atoms with Crippen molar-refractivity contribution in [3.8, 4) is 11.5 Å². The van der Waals surface area contributed by atoms with Crippen LogP contribution in [0.2, 0.25) is 0 Å². The van der Waals surface area contributed by atoms with E-state index in [0.29, 0.717) is 17.5 Å². The lowest BCUT2D eigenvalue weighted by atomic mass is 9.97. The third-order valence-electron chi connectivity index (χ3n) is 4.79. The molecule has 0 unspecified atom stereocenters. The van der Waals surface area contributed by atoms with E-state index < -0.39 is 0 Å². The van der Waals surface area contributed by atoms with Gasteiger partial charge in [0, 0.05) is 10.3 Å². The minimum absolute atomic E-state index is 0.501. The second kappa shape index (κ2) is 6.76. The Kier molecular flexibility index (Phi) is 4.24. The molecule has 0 atom stereocenters. The lowest BCUT2D eigenvalue weighted by molar-refractivity contribution is 0.499. The van der Waals surface area contributed by atoms with E-state index in [-0.39, 0.29) is 0 Å². The van der Waals surface area contributed by atoms with Gasteiger partial charge in [-0.3, -0.25) is 0 Å². The van der Waals surface area contributed by atoms with Gasteiger partial charge >= 0.3 is 0 Å². The Hall–Kier alpha value is -2.19. The molecule has 0 saturated carbocycles. The molecular weight excluding hydrogens is 380 g/mol. The quantitative estimate of drug-likeness (QED) is 0.349. The van der Waals surface area contributed by atoms with Gasteiger partial charge in [0.15, 0.2) is 0 Å². The lowest BCUT2D eigenvalue weighted by Crippen LogP contribution is -1.99. The number of hydrogen-bond donors (Lipinski definition) is 0. The molecule has 27 heavy (non-hydrogen) atoms. The molecule has 138 valence electrons. The van der Waals surface area contributed by atoms with Gasteiger partial charge in [-0.25, -0.2) is 9.97 Å². The Morgan fingerprint density at radius 1 is 1.11 bits per heavy atom. The van der Waals surface area contributed by atoms with Crippen LogP contribution in [0.1, 0.15) is 40.7 Å². The number of rotatable bonds is 4. The van der Waals surface area contributed by atoms with Gasteiger partial charge in [0.25, 0.3) is 5.89 Å². The van der Waals surface area contributed by atoms with E-state index >= 15 is 0 Å². The summed E-state index contributed by atoms with van der Waals surface area (Å²) in [6.07, 6.45) is 6.46. The third-order valence-corrected chi connectivity index (χ3v) is 6.96. The smallest absolute Gasteiger partial charge is 0.251 e. The molecule has 4 heterocycles. The van der Waals surface area contributed by atoms with Gasteiger partial charge in [-0.1, -0.05) is 11.8 Å². The summed E-state index contributed by atoms with van der Waals surface area (Å²) in [5.41, 5.74) is 2.30. The second-order valence-corrected chi connectivity index (χ2v) is 8.73. The van der Waals surface area contributed by atoms with Crippen LogP contribution in [0.15, 0.2) is 26.3 Å². The van der Waals surface area contributed by atoms with Crippen molar-refractivity contribution in [2.75, 3.05) is 0 Å². The van der Waals surface area contributed by atoms with Crippen molar-refractivity contribution in [3.63, 3.8) is 0 Å². The summed E-state index contributed by atoms with van der Waals surface area (Å²) >= 11 is 3.45. The van der Waals surface area contributed by atoms with Crippen LogP contribution in [-0.2, 0) is 18.6 Å².